The average molecular weight is 391 g/mol. The summed E-state index contributed by atoms with van der Waals surface area (Å²) in [5.41, 5.74) is 4.03. The summed E-state index contributed by atoms with van der Waals surface area (Å²) in [6.45, 7) is 5.94. The van der Waals surface area contributed by atoms with Crippen molar-refractivity contribution in [3.05, 3.63) is 57.6 Å². The number of aryl methyl sites for hydroxylation is 2. The van der Waals surface area contributed by atoms with Crippen molar-refractivity contribution in [2.75, 3.05) is 12.4 Å². The third kappa shape index (κ3) is 4.99. The van der Waals surface area contributed by atoms with Gasteiger partial charge in [-0.2, -0.15) is 0 Å². The molecule has 0 bridgehead atoms. The average Bonchev–Trinajstić information content (AvgIpc) is 2.50. The quantitative estimate of drug-likeness (QED) is 0.767. The molecular weight excluding hydrogens is 368 g/mol. The van der Waals surface area contributed by atoms with Gasteiger partial charge in [-0.3, -0.25) is 0 Å². The maximum Gasteiger partial charge on any atom is 0.319 e. The first-order valence-corrected chi connectivity index (χ1v) is 8.65. The van der Waals surface area contributed by atoms with Crippen LogP contribution in [0.4, 0.5) is 10.5 Å². The monoisotopic (exact) mass is 390 g/mol. The van der Waals surface area contributed by atoms with E-state index in [1.54, 1.807) is 7.11 Å². The highest BCUT2D eigenvalue weighted by molar-refractivity contribution is 9.10. The van der Waals surface area contributed by atoms with Crippen LogP contribution in [0.3, 0.4) is 0 Å². The van der Waals surface area contributed by atoms with Gasteiger partial charge in [0.05, 0.1) is 7.11 Å². The second-order valence-corrected chi connectivity index (χ2v) is 6.89. The van der Waals surface area contributed by atoms with Crippen molar-refractivity contribution in [3.8, 4) is 5.75 Å². The Morgan fingerprint density at radius 1 is 1.21 bits per heavy atom. The van der Waals surface area contributed by atoms with Crippen LogP contribution in [-0.2, 0) is 6.42 Å². The highest BCUT2D eigenvalue weighted by Gasteiger charge is 2.12. The van der Waals surface area contributed by atoms with E-state index < -0.39 is 0 Å². The summed E-state index contributed by atoms with van der Waals surface area (Å²) in [4.78, 5) is 12.3. The van der Waals surface area contributed by atoms with Crippen LogP contribution in [0.15, 0.2) is 40.9 Å². The first-order chi connectivity index (χ1) is 11.4. The molecule has 1 atom stereocenters. The Bertz CT molecular complexity index is 708. The van der Waals surface area contributed by atoms with Crippen LogP contribution >= 0.6 is 15.9 Å². The number of hydrogen-bond donors (Lipinski definition) is 2. The molecule has 4 nitrogen and oxygen atoms in total. The number of halogens is 1. The molecular formula is C19H23BrN2O2. The largest absolute Gasteiger partial charge is 0.497 e. The summed E-state index contributed by atoms with van der Waals surface area (Å²) in [6, 6.07) is 11.7. The van der Waals surface area contributed by atoms with Crippen molar-refractivity contribution in [1.82, 2.24) is 5.32 Å². The van der Waals surface area contributed by atoms with Gasteiger partial charge in [-0.1, -0.05) is 28.1 Å². The Morgan fingerprint density at radius 3 is 2.50 bits per heavy atom. The van der Waals surface area contributed by atoms with Crippen LogP contribution in [0.25, 0.3) is 0 Å². The predicted octanol–water partition coefficient (Wildman–Crippen LogP) is 4.83. The van der Waals surface area contributed by atoms with Gasteiger partial charge in [0.15, 0.2) is 0 Å². The summed E-state index contributed by atoms with van der Waals surface area (Å²) < 4.78 is 6.24. The molecule has 0 fully saturated rings. The van der Waals surface area contributed by atoms with Gasteiger partial charge in [-0.25, -0.2) is 4.79 Å². The molecule has 2 N–H and O–H groups in total. The molecule has 24 heavy (non-hydrogen) atoms. The number of anilines is 1. The normalized spacial score (nSPS) is 11.7. The molecule has 2 amide bonds. The van der Waals surface area contributed by atoms with E-state index in [-0.39, 0.29) is 12.1 Å². The smallest absolute Gasteiger partial charge is 0.319 e. The number of hydrogen-bond acceptors (Lipinski definition) is 2. The number of amides is 2. The highest BCUT2D eigenvalue weighted by Crippen LogP contribution is 2.25. The second kappa shape index (κ2) is 8.20. The number of methoxy groups -OCH3 is 1. The predicted molar refractivity (Wildman–Crippen MR) is 102 cm³/mol. The first kappa shape index (κ1) is 18.3. The standard InChI is InChI=1S/C19H23BrN2O2/c1-12-8-16(20)9-13(2)18(12)22-19(23)21-14(3)10-15-6-5-7-17(11-15)24-4/h5-9,11,14H,10H2,1-4H3,(H2,21,22,23). The van der Waals surface area contributed by atoms with Crippen LogP contribution in [0, 0.1) is 13.8 Å². The van der Waals surface area contributed by atoms with Crippen LogP contribution in [0.5, 0.6) is 5.75 Å². The maximum atomic E-state index is 12.3. The number of benzene rings is 2. The van der Waals surface area contributed by atoms with Gasteiger partial charge in [-0.15, -0.1) is 0 Å². The van der Waals surface area contributed by atoms with E-state index in [4.69, 9.17) is 4.74 Å². The van der Waals surface area contributed by atoms with Gasteiger partial charge in [0, 0.05) is 16.2 Å². The third-order valence-electron chi connectivity index (χ3n) is 3.79. The van der Waals surface area contributed by atoms with Crippen molar-refractivity contribution < 1.29 is 9.53 Å². The molecule has 5 heteroatoms. The van der Waals surface area contributed by atoms with Gasteiger partial charge < -0.3 is 15.4 Å². The molecule has 0 spiro atoms. The van der Waals surface area contributed by atoms with Crippen molar-refractivity contribution >= 4 is 27.6 Å². The van der Waals surface area contributed by atoms with Crippen LogP contribution in [0.2, 0.25) is 0 Å². The SMILES string of the molecule is COc1cccc(CC(C)NC(=O)Nc2c(C)cc(Br)cc2C)c1. The van der Waals surface area contributed by atoms with Gasteiger partial charge in [0.25, 0.3) is 0 Å². The molecule has 128 valence electrons. The summed E-state index contributed by atoms with van der Waals surface area (Å²) in [6.07, 6.45) is 0.739. The number of carbonyl (C=O) groups excluding carboxylic acids is 1. The molecule has 0 heterocycles. The van der Waals surface area contributed by atoms with Crippen molar-refractivity contribution in [1.29, 1.82) is 0 Å². The lowest BCUT2D eigenvalue weighted by molar-refractivity contribution is 0.249. The number of nitrogens with one attached hydrogen (secondary N) is 2. The molecule has 0 saturated heterocycles. The fourth-order valence-electron chi connectivity index (χ4n) is 2.69. The molecule has 2 aromatic rings. The molecule has 2 rings (SSSR count). The molecule has 0 aliphatic carbocycles. The van der Waals surface area contributed by atoms with Gasteiger partial charge in [0.2, 0.25) is 0 Å². The molecule has 0 aliphatic heterocycles. The van der Waals surface area contributed by atoms with Gasteiger partial charge >= 0.3 is 6.03 Å². The van der Waals surface area contributed by atoms with Crippen LogP contribution in [-0.4, -0.2) is 19.2 Å². The fourth-order valence-corrected chi connectivity index (χ4v) is 3.37. The third-order valence-corrected chi connectivity index (χ3v) is 4.25. The molecule has 2 aromatic carbocycles. The zero-order chi connectivity index (χ0) is 17.7. The van der Waals surface area contributed by atoms with Gasteiger partial charge in [0.1, 0.15) is 5.75 Å². The maximum absolute atomic E-state index is 12.3. The summed E-state index contributed by atoms with van der Waals surface area (Å²) in [5.74, 6) is 0.824. The highest BCUT2D eigenvalue weighted by atomic mass is 79.9. The minimum atomic E-state index is -0.195. The lowest BCUT2D eigenvalue weighted by Crippen LogP contribution is -2.37. The minimum Gasteiger partial charge on any atom is -0.497 e. The minimum absolute atomic E-state index is 0.00756. The van der Waals surface area contributed by atoms with E-state index in [0.717, 1.165) is 39.0 Å². The number of ether oxygens (including phenoxy) is 1. The summed E-state index contributed by atoms with van der Waals surface area (Å²) >= 11 is 3.46. The van der Waals surface area contributed by atoms with Crippen molar-refractivity contribution in [2.24, 2.45) is 0 Å². The Hall–Kier alpha value is -2.01. The van der Waals surface area contributed by atoms with E-state index in [9.17, 15) is 4.79 Å². The van der Waals surface area contributed by atoms with E-state index in [1.165, 1.54) is 0 Å². The number of rotatable bonds is 5. The summed E-state index contributed by atoms with van der Waals surface area (Å²) in [7, 11) is 1.65. The molecule has 0 radical (unpaired) electrons. The fraction of sp³-hybridized carbons (Fsp3) is 0.316. The Morgan fingerprint density at radius 2 is 1.88 bits per heavy atom. The van der Waals surface area contributed by atoms with Gasteiger partial charge in [-0.05, 0) is 68.1 Å². The van der Waals surface area contributed by atoms with E-state index in [0.29, 0.717) is 0 Å². The Kier molecular flexibility index (Phi) is 6.26. The number of urea groups is 1. The lowest BCUT2D eigenvalue weighted by Gasteiger charge is -2.17. The number of carbonyl (C=O) groups is 1. The summed E-state index contributed by atoms with van der Waals surface area (Å²) in [5, 5.41) is 5.93. The molecule has 0 aromatic heterocycles. The van der Waals surface area contributed by atoms with E-state index >= 15 is 0 Å². The van der Waals surface area contributed by atoms with Crippen LogP contribution < -0.4 is 15.4 Å². The van der Waals surface area contributed by atoms with E-state index in [2.05, 4.69) is 26.6 Å². The Labute approximate surface area is 151 Å². The lowest BCUT2D eigenvalue weighted by atomic mass is 10.1. The molecule has 0 saturated carbocycles. The zero-order valence-corrected chi connectivity index (χ0v) is 16.0. The molecule has 1 unspecified atom stereocenters. The Balaban J connectivity index is 1.97. The van der Waals surface area contributed by atoms with Crippen molar-refractivity contribution in [3.63, 3.8) is 0 Å². The zero-order valence-electron chi connectivity index (χ0n) is 14.4. The van der Waals surface area contributed by atoms with Crippen LogP contribution in [0.1, 0.15) is 23.6 Å². The molecule has 0 aliphatic rings. The topological polar surface area (TPSA) is 50.4 Å². The van der Waals surface area contributed by atoms with E-state index in [1.807, 2.05) is 57.2 Å². The van der Waals surface area contributed by atoms with Crippen molar-refractivity contribution in [2.45, 2.75) is 33.2 Å². The second-order valence-electron chi connectivity index (χ2n) is 5.97. The first-order valence-electron chi connectivity index (χ1n) is 7.86.